The van der Waals surface area contributed by atoms with E-state index in [1.807, 2.05) is 30.3 Å². The summed E-state index contributed by atoms with van der Waals surface area (Å²) >= 11 is 0. The van der Waals surface area contributed by atoms with E-state index in [0.29, 0.717) is 30.1 Å². The molecule has 0 heterocycles. The van der Waals surface area contributed by atoms with Crippen LogP contribution in [0.3, 0.4) is 0 Å². The van der Waals surface area contributed by atoms with Crippen LogP contribution in [0.15, 0.2) is 78.9 Å². The zero-order valence-corrected chi connectivity index (χ0v) is 17.3. The number of carbonyl (C=O) groups is 2. The van der Waals surface area contributed by atoms with Gasteiger partial charge in [-0.3, -0.25) is 0 Å². The lowest BCUT2D eigenvalue weighted by Gasteiger charge is -2.09. The van der Waals surface area contributed by atoms with Crippen molar-refractivity contribution < 1.29 is 28.5 Å². The van der Waals surface area contributed by atoms with Crippen LogP contribution >= 0.6 is 0 Å². The van der Waals surface area contributed by atoms with Crippen LogP contribution in [0.5, 0.6) is 11.5 Å². The van der Waals surface area contributed by atoms with Crippen LogP contribution in [0.2, 0.25) is 0 Å². The lowest BCUT2D eigenvalue weighted by Crippen LogP contribution is -2.11. The summed E-state index contributed by atoms with van der Waals surface area (Å²) in [5.41, 5.74) is 1.82. The summed E-state index contributed by atoms with van der Waals surface area (Å²) < 4.78 is 21.1. The number of methoxy groups -OCH3 is 1. The van der Waals surface area contributed by atoms with Gasteiger partial charge >= 0.3 is 11.9 Å². The average Bonchev–Trinajstić information content (AvgIpc) is 2.80. The Morgan fingerprint density at radius 2 is 1.39 bits per heavy atom. The lowest BCUT2D eigenvalue weighted by molar-refractivity contribution is 0.0387. The first-order valence-corrected chi connectivity index (χ1v) is 9.91. The van der Waals surface area contributed by atoms with E-state index in [4.69, 9.17) is 18.9 Å². The fourth-order valence-corrected chi connectivity index (χ4v) is 2.80. The van der Waals surface area contributed by atoms with Crippen LogP contribution in [0.4, 0.5) is 0 Å². The molecular weight excluding hydrogens is 396 g/mol. The molecule has 6 heteroatoms. The minimum Gasteiger partial charge on any atom is -0.493 e. The Labute approximate surface area is 181 Å². The van der Waals surface area contributed by atoms with Crippen LogP contribution in [0.25, 0.3) is 0 Å². The SMILES string of the molecule is COCCOC(=O)c1cccc(OC(=O)c2cccc(OCCc3ccccc3)c2)c1. The summed E-state index contributed by atoms with van der Waals surface area (Å²) in [5, 5.41) is 0. The summed E-state index contributed by atoms with van der Waals surface area (Å²) in [5.74, 6) is -0.218. The van der Waals surface area contributed by atoms with E-state index in [2.05, 4.69) is 0 Å². The first kappa shape index (κ1) is 22.1. The summed E-state index contributed by atoms with van der Waals surface area (Å²) in [7, 11) is 1.53. The van der Waals surface area contributed by atoms with Gasteiger partial charge in [0.15, 0.2) is 0 Å². The molecule has 0 unspecified atom stereocenters. The highest BCUT2D eigenvalue weighted by Crippen LogP contribution is 2.19. The molecule has 0 saturated carbocycles. The molecule has 0 amide bonds. The van der Waals surface area contributed by atoms with Gasteiger partial charge in [0.05, 0.1) is 24.3 Å². The molecule has 3 aromatic carbocycles. The fraction of sp³-hybridized carbons (Fsp3) is 0.200. The largest absolute Gasteiger partial charge is 0.493 e. The zero-order valence-electron chi connectivity index (χ0n) is 17.3. The van der Waals surface area contributed by atoms with Crippen molar-refractivity contribution >= 4 is 11.9 Å². The maximum atomic E-state index is 12.5. The van der Waals surface area contributed by atoms with Gasteiger partial charge in [-0.25, -0.2) is 9.59 Å². The highest BCUT2D eigenvalue weighted by Gasteiger charge is 2.13. The van der Waals surface area contributed by atoms with Gasteiger partial charge in [0, 0.05) is 13.5 Å². The van der Waals surface area contributed by atoms with E-state index in [1.54, 1.807) is 42.5 Å². The van der Waals surface area contributed by atoms with Gasteiger partial charge in [0.2, 0.25) is 0 Å². The topological polar surface area (TPSA) is 71.1 Å². The molecule has 3 rings (SSSR count). The third-order valence-electron chi connectivity index (χ3n) is 4.37. The van der Waals surface area contributed by atoms with Crippen LogP contribution in [-0.2, 0) is 15.9 Å². The van der Waals surface area contributed by atoms with E-state index in [1.165, 1.54) is 18.7 Å². The smallest absolute Gasteiger partial charge is 0.343 e. The van der Waals surface area contributed by atoms with Gasteiger partial charge in [0.25, 0.3) is 0 Å². The van der Waals surface area contributed by atoms with Gasteiger partial charge in [-0.15, -0.1) is 0 Å². The van der Waals surface area contributed by atoms with Crippen molar-refractivity contribution in [3.63, 3.8) is 0 Å². The Bertz CT molecular complexity index is 1000. The molecular formula is C25H24O6. The summed E-state index contributed by atoms with van der Waals surface area (Å²) in [4.78, 5) is 24.6. The maximum Gasteiger partial charge on any atom is 0.343 e. The third-order valence-corrected chi connectivity index (χ3v) is 4.37. The molecule has 0 aromatic heterocycles. The molecule has 31 heavy (non-hydrogen) atoms. The van der Waals surface area contributed by atoms with Crippen molar-refractivity contribution in [2.24, 2.45) is 0 Å². The van der Waals surface area contributed by atoms with E-state index in [-0.39, 0.29) is 12.4 Å². The van der Waals surface area contributed by atoms with Gasteiger partial charge in [-0.05, 0) is 42.0 Å². The van der Waals surface area contributed by atoms with E-state index in [9.17, 15) is 9.59 Å². The molecule has 0 saturated heterocycles. The van der Waals surface area contributed by atoms with Gasteiger partial charge in [0.1, 0.15) is 18.1 Å². The summed E-state index contributed by atoms with van der Waals surface area (Å²) in [6.07, 6.45) is 0.767. The highest BCUT2D eigenvalue weighted by atomic mass is 16.6. The van der Waals surface area contributed by atoms with Crippen LogP contribution in [0.1, 0.15) is 26.3 Å². The first-order valence-electron chi connectivity index (χ1n) is 9.91. The molecule has 0 radical (unpaired) electrons. The molecule has 0 atom stereocenters. The predicted octanol–water partition coefficient (Wildman–Crippen LogP) is 4.33. The molecule has 0 fully saturated rings. The number of hydrogen-bond acceptors (Lipinski definition) is 6. The molecule has 3 aromatic rings. The van der Waals surface area contributed by atoms with Crippen molar-refractivity contribution in [2.75, 3.05) is 26.9 Å². The normalized spacial score (nSPS) is 10.4. The molecule has 0 N–H and O–H groups in total. The molecule has 0 aliphatic heterocycles. The van der Waals surface area contributed by atoms with Crippen molar-refractivity contribution in [3.8, 4) is 11.5 Å². The standard InChI is InChI=1S/C25H24O6/c1-28-15-16-30-24(26)20-9-6-12-23(18-20)31-25(27)21-10-5-11-22(17-21)29-14-13-19-7-3-2-4-8-19/h2-12,17-18H,13-16H2,1H3. The molecule has 0 bridgehead atoms. The second-order valence-electron chi connectivity index (χ2n) is 6.66. The van der Waals surface area contributed by atoms with Crippen molar-refractivity contribution in [3.05, 3.63) is 95.6 Å². The molecule has 0 spiro atoms. The fourth-order valence-electron chi connectivity index (χ4n) is 2.80. The van der Waals surface area contributed by atoms with Gasteiger partial charge < -0.3 is 18.9 Å². The van der Waals surface area contributed by atoms with Crippen LogP contribution in [0, 0.1) is 0 Å². The van der Waals surface area contributed by atoms with Crippen LogP contribution in [-0.4, -0.2) is 38.9 Å². The Morgan fingerprint density at radius 3 is 2.13 bits per heavy atom. The number of esters is 2. The van der Waals surface area contributed by atoms with Crippen molar-refractivity contribution in [2.45, 2.75) is 6.42 Å². The number of ether oxygens (including phenoxy) is 4. The minimum atomic E-state index is -0.543. The molecule has 6 nitrogen and oxygen atoms in total. The molecule has 160 valence electrons. The quantitative estimate of drug-likeness (QED) is 0.276. The number of hydrogen-bond donors (Lipinski definition) is 0. The Kier molecular flexibility index (Phi) is 8.20. The van der Waals surface area contributed by atoms with E-state index >= 15 is 0 Å². The van der Waals surface area contributed by atoms with Gasteiger partial charge in [-0.2, -0.15) is 0 Å². The predicted molar refractivity (Wildman–Crippen MR) is 116 cm³/mol. The van der Waals surface area contributed by atoms with Crippen molar-refractivity contribution in [1.29, 1.82) is 0 Å². The molecule has 0 aliphatic carbocycles. The van der Waals surface area contributed by atoms with Crippen molar-refractivity contribution in [1.82, 2.24) is 0 Å². The Morgan fingerprint density at radius 1 is 0.710 bits per heavy atom. The van der Waals surface area contributed by atoms with Crippen LogP contribution < -0.4 is 9.47 Å². The second kappa shape index (κ2) is 11.5. The molecule has 0 aliphatic rings. The maximum absolute atomic E-state index is 12.5. The number of carbonyl (C=O) groups excluding carboxylic acids is 2. The Balaban J connectivity index is 1.57. The van der Waals surface area contributed by atoms with Gasteiger partial charge in [-0.1, -0.05) is 42.5 Å². The average molecular weight is 420 g/mol. The highest BCUT2D eigenvalue weighted by molar-refractivity contribution is 5.93. The Hall–Kier alpha value is -3.64. The van der Waals surface area contributed by atoms with E-state index < -0.39 is 11.9 Å². The first-order chi connectivity index (χ1) is 15.2. The monoisotopic (exact) mass is 420 g/mol. The number of rotatable bonds is 10. The minimum absolute atomic E-state index is 0.149. The summed E-state index contributed by atoms with van der Waals surface area (Å²) in [6, 6.07) is 23.1. The van der Waals surface area contributed by atoms with E-state index in [0.717, 1.165) is 6.42 Å². The number of benzene rings is 3. The lowest BCUT2D eigenvalue weighted by atomic mass is 10.2. The zero-order chi connectivity index (χ0) is 21.9. The summed E-state index contributed by atoms with van der Waals surface area (Å²) in [6.45, 7) is 0.955. The second-order valence-corrected chi connectivity index (χ2v) is 6.66. The third kappa shape index (κ3) is 6.97.